The fourth-order valence-electron chi connectivity index (χ4n) is 7.23. The number of rotatable bonds is 41. The summed E-state index contributed by atoms with van der Waals surface area (Å²) in [6.07, 6.45) is 41.4. The Hall–Kier alpha value is -0.690. The third-order valence-corrected chi connectivity index (χ3v) is 10.8. The van der Waals surface area contributed by atoms with Gasteiger partial charge in [0.15, 0.2) is 0 Å². The molecule has 0 heterocycles. The van der Waals surface area contributed by atoms with Gasteiger partial charge < -0.3 is 25.7 Å². The molecule has 0 spiro atoms. The van der Waals surface area contributed by atoms with E-state index in [4.69, 9.17) is 0 Å². The molecule has 0 saturated heterocycles. The van der Waals surface area contributed by atoms with E-state index in [1.54, 1.807) is 0 Å². The highest BCUT2D eigenvalue weighted by Gasteiger charge is 2.28. The summed E-state index contributed by atoms with van der Waals surface area (Å²) in [4.78, 5) is 12.5. The highest BCUT2D eigenvalue weighted by atomic mass is 16.3. The first kappa shape index (κ1) is 49.3. The fraction of sp³-hybridized carbons (Fsp3) is 0.977. The second kappa shape index (κ2) is 39.5. The van der Waals surface area contributed by atoms with Gasteiger partial charge in [-0.1, -0.05) is 232 Å². The van der Waals surface area contributed by atoms with Crippen LogP contribution in [0.15, 0.2) is 0 Å². The van der Waals surface area contributed by atoms with Crippen LogP contribution in [0.3, 0.4) is 0 Å². The Bertz CT molecular complexity index is 677. The molecule has 0 aromatic heterocycles. The summed E-state index contributed by atoms with van der Waals surface area (Å²) >= 11 is 0. The van der Waals surface area contributed by atoms with Crippen molar-refractivity contribution in [3.8, 4) is 0 Å². The SMILES string of the molecule is CCCCCCCCCCCCCCCCCCCCCCCC[C@@H](O)C(=O)NC(CO)C(O)C(O)CCCCCCCCCCCCCC. The van der Waals surface area contributed by atoms with Gasteiger partial charge in [0, 0.05) is 0 Å². The molecule has 3 unspecified atom stereocenters. The van der Waals surface area contributed by atoms with E-state index in [0.29, 0.717) is 12.8 Å². The normalized spacial score (nSPS) is 14.1. The number of amides is 1. The summed E-state index contributed by atoms with van der Waals surface area (Å²) in [6.45, 7) is 4.06. The summed E-state index contributed by atoms with van der Waals surface area (Å²) in [7, 11) is 0. The van der Waals surface area contributed by atoms with Gasteiger partial charge in [-0.25, -0.2) is 0 Å². The summed E-state index contributed by atoms with van der Waals surface area (Å²) in [5, 5.41) is 43.6. The first-order chi connectivity index (χ1) is 24.5. The van der Waals surface area contributed by atoms with Crippen LogP contribution in [0, 0.1) is 0 Å². The third kappa shape index (κ3) is 33.2. The molecule has 0 bridgehead atoms. The molecule has 0 aliphatic carbocycles. The first-order valence-corrected chi connectivity index (χ1v) is 22.4. The molecule has 5 N–H and O–H groups in total. The Kier molecular flexibility index (Phi) is 39.0. The van der Waals surface area contributed by atoms with Crippen LogP contribution in [0.2, 0.25) is 0 Å². The number of nitrogens with one attached hydrogen (secondary N) is 1. The molecule has 0 aromatic carbocycles. The Labute approximate surface area is 311 Å². The molecule has 0 saturated carbocycles. The third-order valence-electron chi connectivity index (χ3n) is 10.8. The zero-order valence-electron chi connectivity index (χ0n) is 33.7. The Morgan fingerprint density at radius 1 is 0.420 bits per heavy atom. The molecule has 0 radical (unpaired) electrons. The monoisotopic (exact) mass is 712 g/mol. The quantitative estimate of drug-likeness (QED) is 0.0406. The van der Waals surface area contributed by atoms with Gasteiger partial charge in [-0.3, -0.25) is 4.79 Å². The lowest BCUT2D eigenvalue weighted by molar-refractivity contribution is -0.132. The van der Waals surface area contributed by atoms with Crippen LogP contribution < -0.4 is 5.32 Å². The molecule has 0 aromatic rings. The molecule has 0 aliphatic rings. The highest BCUT2D eigenvalue weighted by Crippen LogP contribution is 2.17. The topological polar surface area (TPSA) is 110 Å². The van der Waals surface area contributed by atoms with Gasteiger partial charge in [0.1, 0.15) is 12.2 Å². The van der Waals surface area contributed by atoms with Crippen molar-refractivity contribution in [1.29, 1.82) is 0 Å². The van der Waals surface area contributed by atoms with Gasteiger partial charge >= 0.3 is 0 Å². The second-order valence-electron chi connectivity index (χ2n) is 15.8. The number of carbonyl (C=O) groups excluding carboxylic acids is 1. The standard InChI is InChI=1S/C44H89NO5/c1-3-5-7-9-11-13-15-17-18-19-20-21-22-23-24-25-26-28-30-32-34-36-38-42(48)44(50)45-40(39-46)43(49)41(47)37-35-33-31-29-27-16-14-12-10-8-6-4-2/h40-43,46-49H,3-39H2,1-2H3,(H,45,50)/t40?,41?,42-,43?/m1/s1. The van der Waals surface area contributed by atoms with E-state index < -0.39 is 36.9 Å². The summed E-state index contributed by atoms with van der Waals surface area (Å²) in [5.41, 5.74) is 0. The predicted octanol–water partition coefficient (Wildman–Crippen LogP) is 11.6. The molecule has 4 atom stereocenters. The van der Waals surface area contributed by atoms with Crippen LogP contribution >= 0.6 is 0 Å². The summed E-state index contributed by atoms with van der Waals surface area (Å²) in [6, 6.07) is -0.978. The number of hydrogen-bond donors (Lipinski definition) is 5. The number of unbranched alkanes of at least 4 members (excludes halogenated alkanes) is 32. The van der Waals surface area contributed by atoms with Crippen molar-refractivity contribution < 1.29 is 25.2 Å². The average molecular weight is 712 g/mol. The minimum atomic E-state index is -1.25. The van der Waals surface area contributed by atoms with Gasteiger partial charge in [-0.2, -0.15) is 0 Å². The van der Waals surface area contributed by atoms with Gasteiger partial charge in [0.2, 0.25) is 5.91 Å². The molecular weight excluding hydrogens is 622 g/mol. The molecule has 0 aliphatic heterocycles. The smallest absolute Gasteiger partial charge is 0.249 e. The number of hydrogen-bond acceptors (Lipinski definition) is 5. The van der Waals surface area contributed by atoms with E-state index in [1.807, 2.05) is 0 Å². The lowest BCUT2D eigenvalue weighted by atomic mass is 9.99. The molecule has 6 nitrogen and oxygen atoms in total. The lowest BCUT2D eigenvalue weighted by Gasteiger charge is -2.27. The van der Waals surface area contributed by atoms with Gasteiger partial charge in [-0.05, 0) is 12.8 Å². The molecule has 0 rings (SSSR count). The molecule has 1 amide bonds. The van der Waals surface area contributed by atoms with Crippen molar-refractivity contribution in [2.24, 2.45) is 0 Å². The minimum Gasteiger partial charge on any atom is -0.394 e. The number of carbonyl (C=O) groups is 1. The van der Waals surface area contributed by atoms with Crippen molar-refractivity contribution >= 4 is 5.91 Å². The number of aliphatic hydroxyl groups excluding tert-OH is 4. The predicted molar refractivity (Wildman–Crippen MR) is 215 cm³/mol. The van der Waals surface area contributed by atoms with E-state index in [1.165, 1.54) is 180 Å². The largest absolute Gasteiger partial charge is 0.394 e. The van der Waals surface area contributed by atoms with E-state index in [-0.39, 0.29) is 0 Å². The zero-order valence-corrected chi connectivity index (χ0v) is 33.7. The fourth-order valence-corrected chi connectivity index (χ4v) is 7.23. The molecule has 0 fully saturated rings. The van der Waals surface area contributed by atoms with Crippen LogP contribution in [-0.4, -0.2) is 57.3 Å². The maximum atomic E-state index is 12.5. The van der Waals surface area contributed by atoms with Crippen molar-refractivity contribution in [3.05, 3.63) is 0 Å². The van der Waals surface area contributed by atoms with Crippen LogP contribution in [-0.2, 0) is 4.79 Å². The van der Waals surface area contributed by atoms with Crippen LogP contribution in [0.1, 0.15) is 245 Å². The maximum Gasteiger partial charge on any atom is 0.249 e. The molecule has 50 heavy (non-hydrogen) atoms. The van der Waals surface area contributed by atoms with Gasteiger partial charge in [0.25, 0.3) is 0 Å². The molecular formula is C44H89NO5. The van der Waals surface area contributed by atoms with Crippen LogP contribution in [0.5, 0.6) is 0 Å². The maximum absolute atomic E-state index is 12.5. The van der Waals surface area contributed by atoms with E-state index in [0.717, 1.165) is 38.5 Å². The van der Waals surface area contributed by atoms with Crippen molar-refractivity contribution in [2.75, 3.05) is 6.61 Å². The van der Waals surface area contributed by atoms with E-state index in [9.17, 15) is 25.2 Å². The van der Waals surface area contributed by atoms with Crippen molar-refractivity contribution in [1.82, 2.24) is 5.32 Å². The van der Waals surface area contributed by atoms with Crippen molar-refractivity contribution in [2.45, 2.75) is 269 Å². The van der Waals surface area contributed by atoms with E-state index in [2.05, 4.69) is 19.2 Å². The summed E-state index contributed by atoms with van der Waals surface area (Å²) < 4.78 is 0. The van der Waals surface area contributed by atoms with E-state index >= 15 is 0 Å². The van der Waals surface area contributed by atoms with Crippen LogP contribution in [0.4, 0.5) is 0 Å². The van der Waals surface area contributed by atoms with Crippen molar-refractivity contribution in [3.63, 3.8) is 0 Å². The second-order valence-corrected chi connectivity index (χ2v) is 15.8. The average Bonchev–Trinajstić information content (AvgIpc) is 3.12. The minimum absolute atomic E-state index is 0.376. The summed E-state index contributed by atoms with van der Waals surface area (Å²) in [5.74, 6) is -0.579. The Balaban J connectivity index is 3.65. The zero-order chi connectivity index (χ0) is 36.8. The van der Waals surface area contributed by atoms with Gasteiger partial charge in [0.05, 0.1) is 18.8 Å². The first-order valence-electron chi connectivity index (χ1n) is 22.4. The molecule has 6 heteroatoms. The van der Waals surface area contributed by atoms with Gasteiger partial charge in [-0.15, -0.1) is 0 Å². The Morgan fingerprint density at radius 3 is 0.960 bits per heavy atom. The highest BCUT2D eigenvalue weighted by molar-refractivity contribution is 5.80. The molecule has 300 valence electrons. The number of aliphatic hydroxyl groups is 4. The van der Waals surface area contributed by atoms with Crippen LogP contribution in [0.25, 0.3) is 0 Å². The lowest BCUT2D eigenvalue weighted by Crippen LogP contribution is -2.53. The Morgan fingerprint density at radius 2 is 0.680 bits per heavy atom.